The second-order valence-corrected chi connectivity index (χ2v) is 11.8. The number of ether oxygens (including phenoxy) is 1. The molecule has 1 aromatic carbocycles. The Morgan fingerprint density at radius 1 is 1.11 bits per heavy atom. The number of nitrogens with two attached hydrogens (primary N) is 1. The first-order valence-electron chi connectivity index (χ1n) is 10.2. The van der Waals surface area contributed by atoms with Crippen molar-refractivity contribution in [3.63, 3.8) is 0 Å². The maximum atomic E-state index is 12.6. The normalized spacial score (nSPS) is 22.9. The van der Waals surface area contributed by atoms with E-state index >= 15 is 0 Å². The lowest BCUT2D eigenvalue weighted by Crippen LogP contribution is -2.37. The molecule has 186 valence electrons. The predicted octanol–water partition coefficient (Wildman–Crippen LogP) is -1.71. The Labute approximate surface area is 200 Å². The summed E-state index contributed by atoms with van der Waals surface area (Å²) >= 11 is 0. The number of aliphatic hydroxyl groups is 2. The number of aliphatic hydroxyl groups excluding tert-OH is 2. The van der Waals surface area contributed by atoms with Crippen LogP contribution in [-0.4, -0.2) is 82.9 Å². The van der Waals surface area contributed by atoms with Gasteiger partial charge in [0.15, 0.2) is 27.5 Å². The maximum absolute atomic E-state index is 12.6. The number of nitrogens with one attached hydrogen (secondary N) is 1. The van der Waals surface area contributed by atoms with Crippen LogP contribution in [0.15, 0.2) is 41.8 Å². The van der Waals surface area contributed by atoms with E-state index in [0.717, 1.165) is 0 Å². The highest BCUT2D eigenvalue weighted by molar-refractivity contribution is 7.91. The van der Waals surface area contributed by atoms with E-state index in [1.165, 1.54) is 41.5 Å². The van der Waals surface area contributed by atoms with E-state index in [9.17, 15) is 27.0 Å². The number of aromatic nitrogens is 4. The van der Waals surface area contributed by atoms with Crippen molar-refractivity contribution in [2.75, 3.05) is 23.8 Å². The second kappa shape index (κ2) is 9.45. The fourth-order valence-electron chi connectivity index (χ4n) is 3.61. The molecule has 16 heteroatoms. The first-order valence-corrected chi connectivity index (χ1v) is 13.5. The van der Waals surface area contributed by atoms with Crippen molar-refractivity contribution in [3.8, 4) is 6.07 Å². The summed E-state index contributed by atoms with van der Waals surface area (Å²) in [5, 5.41) is 29.7. The molecule has 4 atom stereocenters. The van der Waals surface area contributed by atoms with Gasteiger partial charge in [-0.2, -0.15) is 5.26 Å². The highest BCUT2D eigenvalue weighted by atomic mass is 32.2. The van der Waals surface area contributed by atoms with Crippen LogP contribution in [0, 0.1) is 11.3 Å². The number of nitrogens with zero attached hydrogens (tertiary/aromatic N) is 5. The maximum Gasteiger partial charge on any atom is 0.240 e. The Morgan fingerprint density at radius 3 is 2.51 bits per heavy atom. The number of imidazole rings is 1. The summed E-state index contributed by atoms with van der Waals surface area (Å²) in [5.74, 6) is -1.14. The van der Waals surface area contributed by atoms with E-state index in [1.807, 2.05) is 6.07 Å². The molecule has 1 fully saturated rings. The molecule has 14 nitrogen and oxygen atoms in total. The van der Waals surface area contributed by atoms with Gasteiger partial charge in [0.2, 0.25) is 10.0 Å². The second-order valence-electron chi connectivity index (χ2n) is 7.78. The van der Waals surface area contributed by atoms with Crippen molar-refractivity contribution in [2.24, 2.45) is 0 Å². The largest absolute Gasteiger partial charge is 0.387 e. The van der Waals surface area contributed by atoms with Crippen LogP contribution in [-0.2, 0) is 24.6 Å². The molecular weight excluding hydrogens is 502 g/mol. The number of fused-ring (bicyclic) bond motifs is 1. The zero-order valence-electron chi connectivity index (χ0n) is 18.0. The first kappa shape index (κ1) is 24.9. The molecule has 0 spiro atoms. The summed E-state index contributed by atoms with van der Waals surface area (Å²) in [6, 6.07) is 7.00. The van der Waals surface area contributed by atoms with Crippen LogP contribution >= 0.6 is 0 Å². The van der Waals surface area contributed by atoms with E-state index < -0.39 is 62.5 Å². The van der Waals surface area contributed by atoms with Gasteiger partial charge >= 0.3 is 0 Å². The van der Waals surface area contributed by atoms with Crippen molar-refractivity contribution >= 4 is 36.8 Å². The molecule has 3 heterocycles. The Morgan fingerprint density at radius 2 is 1.83 bits per heavy atom. The third-order valence-electron chi connectivity index (χ3n) is 5.42. The molecule has 0 bridgehead atoms. The van der Waals surface area contributed by atoms with Crippen molar-refractivity contribution in [3.05, 3.63) is 42.5 Å². The Hall–Kier alpha value is -3.20. The lowest BCUT2D eigenvalue weighted by molar-refractivity contribution is -0.0292. The topological polar surface area (TPSA) is 223 Å². The van der Waals surface area contributed by atoms with E-state index in [0.29, 0.717) is 0 Å². The van der Waals surface area contributed by atoms with E-state index in [4.69, 9.17) is 15.7 Å². The van der Waals surface area contributed by atoms with Gasteiger partial charge < -0.3 is 20.7 Å². The van der Waals surface area contributed by atoms with Crippen molar-refractivity contribution < 1.29 is 31.8 Å². The number of benzene rings is 1. The van der Waals surface area contributed by atoms with Crippen LogP contribution in [0.3, 0.4) is 0 Å². The fourth-order valence-corrected chi connectivity index (χ4v) is 6.13. The van der Waals surface area contributed by atoms with E-state index in [1.54, 1.807) is 0 Å². The van der Waals surface area contributed by atoms with Crippen LogP contribution in [0.25, 0.3) is 11.2 Å². The molecular formula is C19H21N7O7S2. The molecule has 0 aliphatic carbocycles. The molecule has 0 amide bonds. The molecule has 0 unspecified atom stereocenters. The van der Waals surface area contributed by atoms with Crippen molar-refractivity contribution in [1.82, 2.24) is 24.2 Å². The third-order valence-corrected chi connectivity index (χ3v) is 8.55. The molecule has 0 radical (unpaired) electrons. The first-order chi connectivity index (χ1) is 16.5. The molecule has 5 N–H and O–H groups in total. The Kier molecular flexibility index (Phi) is 6.73. The molecule has 0 saturated carbocycles. The lowest BCUT2D eigenvalue weighted by Gasteiger charge is -2.16. The smallest absolute Gasteiger partial charge is 0.240 e. The molecule has 1 aliphatic heterocycles. The summed E-state index contributed by atoms with van der Waals surface area (Å²) in [6.45, 7) is -0.429. The van der Waals surface area contributed by atoms with Gasteiger partial charge in [-0.3, -0.25) is 4.57 Å². The molecule has 1 aliphatic rings. The number of rotatable bonds is 8. The molecule has 35 heavy (non-hydrogen) atoms. The minimum Gasteiger partial charge on any atom is -0.387 e. The quantitative estimate of drug-likeness (QED) is 0.259. The highest BCUT2D eigenvalue weighted by Crippen LogP contribution is 2.32. The van der Waals surface area contributed by atoms with Crippen molar-refractivity contribution in [1.29, 1.82) is 5.26 Å². The average molecular weight is 524 g/mol. The summed E-state index contributed by atoms with van der Waals surface area (Å²) in [5.41, 5.74) is 6.51. The third kappa shape index (κ3) is 5.10. The fraction of sp³-hybridized carbons (Fsp3) is 0.368. The Bertz CT molecular complexity index is 1480. The van der Waals surface area contributed by atoms with E-state index in [2.05, 4.69) is 19.7 Å². The summed E-state index contributed by atoms with van der Waals surface area (Å²) in [4.78, 5) is 11.8. The van der Waals surface area contributed by atoms with Gasteiger partial charge in [-0.15, -0.1) is 0 Å². The van der Waals surface area contributed by atoms with Gasteiger partial charge in [-0.25, -0.2) is 36.5 Å². The minimum absolute atomic E-state index is 0.101. The summed E-state index contributed by atoms with van der Waals surface area (Å²) < 4.78 is 59.0. The molecule has 2 aromatic heterocycles. The van der Waals surface area contributed by atoms with Crippen LogP contribution < -0.4 is 10.5 Å². The SMILES string of the molecule is N#Cc1ccc(S(=O)(=O)NCCS(=O)(=O)C[C@H]2O[C@@H](n3cnc4c(N)ncnc43)[C@H](O)[C@@H]2O)cc1. The van der Waals surface area contributed by atoms with Crippen LogP contribution in [0.5, 0.6) is 0 Å². The molecule has 3 aromatic rings. The summed E-state index contributed by atoms with van der Waals surface area (Å²) in [6.07, 6.45) is -3.02. The zero-order valence-corrected chi connectivity index (χ0v) is 19.6. The monoisotopic (exact) mass is 523 g/mol. The van der Waals surface area contributed by atoms with Crippen molar-refractivity contribution in [2.45, 2.75) is 29.4 Å². The average Bonchev–Trinajstić information content (AvgIpc) is 3.36. The Balaban J connectivity index is 1.40. The number of anilines is 1. The van der Waals surface area contributed by atoms with E-state index in [-0.39, 0.29) is 27.4 Å². The number of nitriles is 1. The number of nitrogen functional groups attached to an aromatic ring is 1. The number of sulfone groups is 1. The van der Waals surface area contributed by atoms with Gasteiger partial charge in [0.25, 0.3) is 0 Å². The van der Waals surface area contributed by atoms with Gasteiger partial charge in [0, 0.05) is 6.54 Å². The predicted molar refractivity (Wildman–Crippen MR) is 121 cm³/mol. The van der Waals surface area contributed by atoms with Crippen LogP contribution in [0.4, 0.5) is 5.82 Å². The van der Waals surface area contributed by atoms with Gasteiger partial charge in [0.1, 0.15) is 30.2 Å². The van der Waals surface area contributed by atoms with Crippen LogP contribution in [0.2, 0.25) is 0 Å². The number of hydrogen-bond acceptors (Lipinski definition) is 12. The summed E-state index contributed by atoms with van der Waals surface area (Å²) in [7, 11) is -7.91. The van der Waals surface area contributed by atoms with Gasteiger partial charge in [-0.1, -0.05) is 0 Å². The molecule has 4 rings (SSSR count). The number of sulfonamides is 1. The highest BCUT2D eigenvalue weighted by Gasteiger charge is 2.46. The molecule has 1 saturated heterocycles. The van der Waals surface area contributed by atoms with Crippen LogP contribution in [0.1, 0.15) is 11.8 Å². The van der Waals surface area contributed by atoms with Gasteiger partial charge in [-0.05, 0) is 24.3 Å². The lowest BCUT2D eigenvalue weighted by atomic mass is 10.1. The zero-order chi connectivity index (χ0) is 25.4. The standard InChI is InChI=1S/C19H21N7O7S2/c20-7-11-1-3-12(4-2-11)35(31,32)25-5-6-34(29,30)8-13-15(27)16(28)19(33-13)26-10-24-14-17(21)22-9-23-18(14)26/h1-4,9-10,13,15-16,19,25,27-28H,5-6,8H2,(H2,21,22,23)/t13-,15-,16-,19-/m1/s1. The number of hydrogen-bond donors (Lipinski definition) is 4. The van der Waals surface area contributed by atoms with Gasteiger partial charge in [0.05, 0.1) is 34.4 Å². The minimum atomic E-state index is -3.99.